The first kappa shape index (κ1) is 13.0. The predicted molar refractivity (Wildman–Crippen MR) is 85.8 cm³/mol. The molecule has 1 N–H and O–H groups in total. The van der Waals surface area contributed by atoms with Crippen molar-refractivity contribution in [2.45, 2.75) is 19.4 Å². The second-order valence-electron chi connectivity index (χ2n) is 5.47. The maximum atomic E-state index is 3.69. The Morgan fingerprint density at radius 2 is 2.05 bits per heavy atom. The zero-order chi connectivity index (χ0) is 13.1. The van der Waals surface area contributed by atoms with Crippen molar-refractivity contribution in [2.75, 3.05) is 18.1 Å². The molecule has 19 heavy (non-hydrogen) atoms. The van der Waals surface area contributed by atoms with E-state index in [0.29, 0.717) is 6.04 Å². The van der Waals surface area contributed by atoms with Crippen LogP contribution in [0.3, 0.4) is 0 Å². The quantitative estimate of drug-likeness (QED) is 0.892. The van der Waals surface area contributed by atoms with E-state index in [0.717, 1.165) is 12.5 Å². The predicted octanol–water partition coefficient (Wildman–Crippen LogP) is 4.24. The molecule has 3 rings (SSSR count). The van der Waals surface area contributed by atoms with E-state index in [2.05, 4.69) is 66.5 Å². The number of rotatable bonds is 4. The van der Waals surface area contributed by atoms with Gasteiger partial charge in [-0.15, -0.1) is 0 Å². The van der Waals surface area contributed by atoms with Crippen LogP contribution >= 0.6 is 11.8 Å². The average molecular weight is 271 g/mol. The largest absolute Gasteiger partial charge is 0.310 e. The molecule has 1 fully saturated rings. The molecular weight excluding hydrogens is 250 g/mol. The van der Waals surface area contributed by atoms with Crippen LogP contribution in [0.4, 0.5) is 0 Å². The number of benzene rings is 2. The Morgan fingerprint density at radius 3 is 2.84 bits per heavy atom. The van der Waals surface area contributed by atoms with Gasteiger partial charge in [0.05, 0.1) is 0 Å². The molecule has 2 aromatic rings. The molecule has 1 heterocycles. The summed E-state index contributed by atoms with van der Waals surface area (Å²) in [5.41, 5.74) is 1.39. The zero-order valence-electron chi connectivity index (χ0n) is 11.4. The Morgan fingerprint density at radius 1 is 1.21 bits per heavy atom. The highest BCUT2D eigenvalue weighted by Gasteiger charge is 2.16. The Labute approximate surface area is 119 Å². The lowest BCUT2D eigenvalue weighted by atomic mass is 10.0. The molecule has 0 saturated carbocycles. The van der Waals surface area contributed by atoms with Gasteiger partial charge in [-0.1, -0.05) is 36.4 Å². The molecule has 0 aromatic heterocycles. The van der Waals surface area contributed by atoms with Gasteiger partial charge in [0.2, 0.25) is 0 Å². The Kier molecular flexibility index (Phi) is 4.09. The van der Waals surface area contributed by atoms with E-state index in [9.17, 15) is 0 Å². The van der Waals surface area contributed by atoms with Crippen molar-refractivity contribution in [1.29, 1.82) is 0 Å². The summed E-state index contributed by atoms with van der Waals surface area (Å²) in [5, 5.41) is 6.35. The summed E-state index contributed by atoms with van der Waals surface area (Å²) < 4.78 is 0. The molecular formula is C17H21NS. The third kappa shape index (κ3) is 3.13. The van der Waals surface area contributed by atoms with Gasteiger partial charge in [-0.2, -0.15) is 11.8 Å². The van der Waals surface area contributed by atoms with Gasteiger partial charge in [0.1, 0.15) is 0 Å². The minimum Gasteiger partial charge on any atom is -0.310 e. The molecule has 0 amide bonds. The monoisotopic (exact) mass is 271 g/mol. The molecule has 2 heteroatoms. The van der Waals surface area contributed by atoms with Crippen LogP contribution in [-0.4, -0.2) is 18.1 Å². The normalized spacial score (nSPS) is 20.8. The van der Waals surface area contributed by atoms with Gasteiger partial charge in [-0.3, -0.25) is 0 Å². The van der Waals surface area contributed by atoms with Crippen LogP contribution in [0.1, 0.15) is 24.9 Å². The standard InChI is InChI=1S/C17H21NS/c1-13(18-11-14-8-9-19-12-14)16-7-6-15-4-2-3-5-17(15)10-16/h2-7,10,13-14,18H,8-9,11-12H2,1H3. The number of fused-ring (bicyclic) bond motifs is 1. The van der Waals surface area contributed by atoms with E-state index in [1.54, 1.807) is 0 Å². The SMILES string of the molecule is CC(NCC1CCSC1)c1ccc2ccccc2c1. The average Bonchev–Trinajstić information content (AvgIpc) is 2.97. The lowest BCUT2D eigenvalue weighted by Gasteiger charge is -2.17. The molecule has 2 aromatic carbocycles. The Balaban J connectivity index is 1.68. The molecule has 2 atom stereocenters. The molecule has 1 aliphatic rings. The lowest BCUT2D eigenvalue weighted by Crippen LogP contribution is -2.25. The first-order valence-corrected chi connectivity index (χ1v) is 8.28. The lowest BCUT2D eigenvalue weighted by molar-refractivity contribution is 0.478. The highest BCUT2D eigenvalue weighted by molar-refractivity contribution is 7.99. The molecule has 1 nitrogen and oxygen atoms in total. The van der Waals surface area contributed by atoms with Crippen molar-refractivity contribution in [1.82, 2.24) is 5.32 Å². The van der Waals surface area contributed by atoms with Crippen LogP contribution in [0, 0.1) is 5.92 Å². The van der Waals surface area contributed by atoms with Gasteiger partial charge in [0.25, 0.3) is 0 Å². The van der Waals surface area contributed by atoms with Crippen molar-refractivity contribution >= 4 is 22.5 Å². The molecule has 2 unspecified atom stereocenters. The smallest absolute Gasteiger partial charge is 0.0292 e. The molecule has 0 spiro atoms. The van der Waals surface area contributed by atoms with Crippen LogP contribution < -0.4 is 5.32 Å². The second-order valence-corrected chi connectivity index (χ2v) is 6.62. The van der Waals surface area contributed by atoms with Crippen LogP contribution in [0.15, 0.2) is 42.5 Å². The van der Waals surface area contributed by atoms with E-state index >= 15 is 0 Å². The van der Waals surface area contributed by atoms with Crippen molar-refractivity contribution in [3.63, 3.8) is 0 Å². The summed E-state index contributed by atoms with van der Waals surface area (Å²) in [6, 6.07) is 15.8. The van der Waals surface area contributed by atoms with Gasteiger partial charge in [-0.05, 0) is 59.7 Å². The summed E-state index contributed by atoms with van der Waals surface area (Å²) in [6.45, 7) is 3.42. The third-order valence-electron chi connectivity index (χ3n) is 4.01. The Hall–Kier alpha value is -0.990. The Bertz CT molecular complexity index is 546. The number of hydrogen-bond donors (Lipinski definition) is 1. The second kappa shape index (κ2) is 5.98. The van der Waals surface area contributed by atoms with Gasteiger partial charge in [0.15, 0.2) is 0 Å². The summed E-state index contributed by atoms with van der Waals surface area (Å²) >= 11 is 2.09. The molecule has 1 saturated heterocycles. The van der Waals surface area contributed by atoms with Crippen LogP contribution in [0.25, 0.3) is 10.8 Å². The fourth-order valence-electron chi connectivity index (χ4n) is 2.68. The van der Waals surface area contributed by atoms with Gasteiger partial charge >= 0.3 is 0 Å². The van der Waals surface area contributed by atoms with Crippen LogP contribution in [0.2, 0.25) is 0 Å². The van der Waals surface area contributed by atoms with E-state index in [4.69, 9.17) is 0 Å². The first-order chi connectivity index (χ1) is 9.33. The minimum atomic E-state index is 0.440. The molecule has 0 bridgehead atoms. The molecule has 1 aliphatic heterocycles. The van der Waals surface area contributed by atoms with Crippen LogP contribution in [-0.2, 0) is 0 Å². The minimum absolute atomic E-state index is 0.440. The van der Waals surface area contributed by atoms with Crippen molar-refractivity contribution in [3.8, 4) is 0 Å². The van der Waals surface area contributed by atoms with E-state index < -0.39 is 0 Å². The number of hydrogen-bond acceptors (Lipinski definition) is 2. The van der Waals surface area contributed by atoms with Crippen molar-refractivity contribution < 1.29 is 0 Å². The highest BCUT2D eigenvalue weighted by Crippen LogP contribution is 2.24. The van der Waals surface area contributed by atoms with E-state index in [1.165, 1.54) is 34.3 Å². The van der Waals surface area contributed by atoms with Gasteiger partial charge < -0.3 is 5.32 Å². The van der Waals surface area contributed by atoms with Gasteiger partial charge in [-0.25, -0.2) is 0 Å². The maximum absolute atomic E-state index is 3.69. The van der Waals surface area contributed by atoms with Crippen molar-refractivity contribution in [3.05, 3.63) is 48.0 Å². The maximum Gasteiger partial charge on any atom is 0.0292 e. The molecule has 0 radical (unpaired) electrons. The first-order valence-electron chi connectivity index (χ1n) is 7.13. The van der Waals surface area contributed by atoms with E-state index in [-0.39, 0.29) is 0 Å². The fourth-order valence-corrected chi connectivity index (χ4v) is 3.97. The summed E-state index contributed by atoms with van der Waals surface area (Å²) in [4.78, 5) is 0. The highest BCUT2D eigenvalue weighted by atomic mass is 32.2. The summed E-state index contributed by atoms with van der Waals surface area (Å²) in [6.07, 6.45) is 1.38. The number of nitrogens with one attached hydrogen (secondary N) is 1. The third-order valence-corrected chi connectivity index (χ3v) is 5.24. The van der Waals surface area contributed by atoms with Crippen LogP contribution in [0.5, 0.6) is 0 Å². The van der Waals surface area contributed by atoms with E-state index in [1.807, 2.05) is 0 Å². The summed E-state index contributed by atoms with van der Waals surface area (Å²) in [7, 11) is 0. The fraction of sp³-hybridized carbons (Fsp3) is 0.412. The van der Waals surface area contributed by atoms with Gasteiger partial charge in [0, 0.05) is 6.04 Å². The topological polar surface area (TPSA) is 12.0 Å². The number of thioether (sulfide) groups is 1. The summed E-state index contributed by atoms with van der Waals surface area (Å²) in [5.74, 6) is 3.54. The zero-order valence-corrected chi connectivity index (χ0v) is 12.2. The van der Waals surface area contributed by atoms with Crippen molar-refractivity contribution in [2.24, 2.45) is 5.92 Å². The molecule has 100 valence electrons. The molecule has 0 aliphatic carbocycles.